The average molecular weight is 430 g/mol. The molecule has 2 atom stereocenters. The van der Waals surface area contributed by atoms with Crippen molar-refractivity contribution in [2.75, 3.05) is 13.2 Å². The van der Waals surface area contributed by atoms with Crippen LogP contribution in [0.5, 0.6) is 0 Å². The number of halogens is 2. The number of carbonyl (C=O) groups is 1. The summed E-state index contributed by atoms with van der Waals surface area (Å²) in [5.74, 6) is -0.216. The Morgan fingerprint density at radius 3 is 2.52 bits per heavy atom. The third kappa shape index (κ3) is 3.14. The van der Waals surface area contributed by atoms with Gasteiger partial charge >= 0.3 is 0 Å². The van der Waals surface area contributed by atoms with Crippen LogP contribution >= 0.6 is 23.2 Å². The summed E-state index contributed by atoms with van der Waals surface area (Å²) in [5, 5.41) is 1.39. The maximum Gasteiger partial charge on any atom is 0.291 e. The summed E-state index contributed by atoms with van der Waals surface area (Å²) < 4.78 is 11.7. The molecular weight excluding hydrogens is 413 g/mol. The molecule has 2 aromatic carbocycles. The molecule has 0 N–H and O–H groups in total. The summed E-state index contributed by atoms with van der Waals surface area (Å²) in [4.78, 5) is 28.4. The Kier molecular flexibility index (Phi) is 4.62. The fraction of sp³-hybridized carbons (Fsp3) is 0.273. The van der Waals surface area contributed by atoms with Crippen LogP contribution in [-0.4, -0.2) is 30.1 Å². The van der Waals surface area contributed by atoms with Gasteiger partial charge in [-0.2, -0.15) is 0 Å². The molecular formula is C22H17Cl2NO4. The highest BCUT2D eigenvalue weighted by molar-refractivity contribution is 6.31. The Labute approximate surface area is 176 Å². The lowest BCUT2D eigenvalue weighted by atomic mass is 9.98. The number of carbonyl (C=O) groups excluding carboxylic acids is 1. The summed E-state index contributed by atoms with van der Waals surface area (Å²) in [6.45, 7) is 1.08. The van der Waals surface area contributed by atoms with Gasteiger partial charge in [-0.15, -0.1) is 0 Å². The zero-order valence-electron chi connectivity index (χ0n) is 15.4. The minimum atomic E-state index is -0.557. The van der Waals surface area contributed by atoms with Crippen molar-refractivity contribution < 1.29 is 13.9 Å². The van der Waals surface area contributed by atoms with Gasteiger partial charge < -0.3 is 14.1 Å². The van der Waals surface area contributed by atoms with E-state index in [9.17, 15) is 9.59 Å². The smallest absolute Gasteiger partial charge is 0.291 e. The van der Waals surface area contributed by atoms with Gasteiger partial charge in [0.05, 0.1) is 23.1 Å². The summed E-state index contributed by atoms with van der Waals surface area (Å²) >= 11 is 12.1. The Hall–Kier alpha value is -2.34. The lowest BCUT2D eigenvalue weighted by molar-refractivity contribution is 0.0486. The average Bonchev–Trinajstić information content (AvgIpc) is 3.32. The summed E-state index contributed by atoms with van der Waals surface area (Å²) in [6.07, 6.45) is 1.79. The van der Waals surface area contributed by atoms with Crippen LogP contribution < -0.4 is 5.43 Å². The van der Waals surface area contributed by atoms with Gasteiger partial charge in [-0.3, -0.25) is 9.59 Å². The van der Waals surface area contributed by atoms with Crippen molar-refractivity contribution in [1.82, 2.24) is 4.90 Å². The minimum absolute atomic E-state index is 0.0537. The number of hydrogen-bond acceptors (Lipinski definition) is 4. The van der Waals surface area contributed by atoms with Crippen LogP contribution in [-0.2, 0) is 4.74 Å². The summed E-state index contributed by atoms with van der Waals surface area (Å²) in [7, 11) is 0. The van der Waals surface area contributed by atoms with E-state index in [0.29, 0.717) is 39.7 Å². The number of nitrogens with zero attached hydrogens (tertiary/aromatic N) is 1. The number of fused-ring (bicyclic) bond motifs is 2. The molecule has 1 fully saturated rings. The van der Waals surface area contributed by atoms with E-state index in [4.69, 9.17) is 32.4 Å². The molecule has 5 nitrogen and oxygen atoms in total. The van der Waals surface area contributed by atoms with Crippen LogP contribution in [0.2, 0.25) is 10.0 Å². The third-order valence-electron chi connectivity index (χ3n) is 5.54. The van der Waals surface area contributed by atoms with Crippen molar-refractivity contribution >= 4 is 40.1 Å². The predicted octanol–water partition coefficient (Wildman–Crippen LogP) is 4.82. The Balaban J connectivity index is 1.71. The monoisotopic (exact) mass is 429 g/mol. The van der Waals surface area contributed by atoms with E-state index >= 15 is 0 Å². The molecule has 1 amide bonds. The minimum Gasteiger partial charge on any atom is -0.450 e. The van der Waals surface area contributed by atoms with Crippen molar-refractivity contribution in [2.45, 2.75) is 25.0 Å². The number of hydrogen-bond donors (Lipinski definition) is 0. The third-order valence-corrected chi connectivity index (χ3v) is 6.02. The van der Waals surface area contributed by atoms with Gasteiger partial charge in [0.1, 0.15) is 5.58 Å². The highest BCUT2D eigenvalue weighted by Crippen LogP contribution is 2.39. The molecule has 1 saturated heterocycles. The maximum atomic E-state index is 13.4. The highest BCUT2D eigenvalue weighted by atomic mass is 35.5. The Bertz CT molecular complexity index is 1170. The quantitative estimate of drug-likeness (QED) is 0.598. The fourth-order valence-corrected chi connectivity index (χ4v) is 4.48. The molecule has 7 heteroatoms. The van der Waals surface area contributed by atoms with Gasteiger partial charge in [0, 0.05) is 23.2 Å². The Morgan fingerprint density at radius 2 is 1.79 bits per heavy atom. The van der Waals surface area contributed by atoms with Crippen LogP contribution in [0.1, 0.15) is 40.6 Å². The van der Waals surface area contributed by atoms with Gasteiger partial charge in [0.25, 0.3) is 5.91 Å². The first-order valence-electron chi connectivity index (χ1n) is 9.47. The van der Waals surface area contributed by atoms with E-state index in [0.717, 1.165) is 18.4 Å². The molecule has 2 aliphatic rings. The number of ether oxygens (including phenoxy) is 1. The molecule has 29 heavy (non-hydrogen) atoms. The van der Waals surface area contributed by atoms with E-state index in [1.807, 2.05) is 12.1 Å². The first-order chi connectivity index (χ1) is 14.0. The van der Waals surface area contributed by atoms with Crippen LogP contribution in [0.25, 0.3) is 11.0 Å². The van der Waals surface area contributed by atoms with Crippen LogP contribution in [0.4, 0.5) is 0 Å². The number of amides is 1. The number of rotatable bonds is 3. The predicted molar refractivity (Wildman–Crippen MR) is 111 cm³/mol. The second-order valence-electron chi connectivity index (χ2n) is 7.36. The van der Waals surface area contributed by atoms with E-state index in [-0.39, 0.29) is 23.2 Å². The Morgan fingerprint density at radius 1 is 1.03 bits per heavy atom. The molecule has 1 aromatic heterocycles. The van der Waals surface area contributed by atoms with Crippen molar-refractivity contribution in [3.8, 4) is 0 Å². The molecule has 2 aliphatic heterocycles. The van der Waals surface area contributed by atoms with Crippen LogP contribution in [0.3, 0.4) is 0 Å². The lowest BCUT2D eigenvalue weighted by Gasteiger charge is -2.27. The SMILES string of the molecule is O=C1c2oc3ccc(Cl)cc3c(=O)c2[C@@H](c2ccc(Cl)cc2)N1C[C@@H]1CCCO1. The van der Waals surface area contributed by atoms with Gasteiger partial charge in [0.15, 0.2) is 5.43 Å². The second-order valence-corrected chi connectivity index (χ2v) is 8.23. The molecule has 0 unspecified atom stereocenters. The molecule has 0 saturated carbocycles. The summed E-state index contributed by atoms with van der Waals surface area (Å²) in [5.41, 5.74) is 1.24. The maximum absolute atomic E-state index is 13.4. The molecule has 0 radical (unpaired) electrons. The van der Waals surface area contributed by atoms with Crippen molar-refractivity contribution in [3.05, 3.63) is 79.6 Å². The molecule has 5 rings (SSSR count). The van der Waals surface area contributed by atoms with Gasteiger partial charge in [-0.25, -0.2) is 0 Å². The molecule has 0 aliphatic carbocycles. The molecule has 0 bridgehead atoms. The molecule has 3 heterocycles. The van der Waals surface area contributed by atoms with Crippen molar-refractivity contribution in [3.63, 3.8) is 0 Å². The van der Waals surface area contributed by atoms with Gasteiger partial charge in [-0.1, -0.05) is 35.3 Å². The standard InChI is InChI=1S/C22H17Cl2NO4/c23-13-5-3-12(4-6-13)19-18-20(26)16-10-14(24)7-8-17(16)29-21(18)22(27)25(19)11-15-2-1-9-28-15/h3-8,10,15,19H,1-2,9,11H2/t15-,19+/m0/s1. The number of benzene rings is 2. The van der Waals surface area contributed by atoms with Crippen molar-refractivity contribution in [2.24, 2.45) is 0 Å². The normalized spacial score (nSPS) is 21.2. The van der Waals surface area contributed by atoms with Gasteiger partial charge in [0.2, 0.25) is 5.76 Å². The van der Waals surface area contributed by atoms with E-state index in [2.05, 4.69) is 0 Å². The van der Waals surface area contributed by atoms with E-state index in [1.54, 1.807) is 35.2 Å². The summed E-state index contributed by atoms with van der Waals surface area (Å²) in [6, 6.07) is 11.4. The topological polar surface area (TPSA) is 59.8 Å². The van der Waals surface area contributed by atoms with Crippen LogP contribution in [0.15, 0.2) is 51.7 Å². The zero-order chi connectivity index (χ0) is 20.1. The first-order valence-corrected chi connectivity index (χ1v) is 10.2. The van der Waals surface area contributed by atoms with Gasteiger partial charge in [-0.05, 0) is 48.7 Å². The zero-order valence-corrected chi connectivity index (χ0v) is 16.9. The molecule has 0 spiro atoms. The first kappa shape index (κ1) is 18.7. The van der Waals surface area contributed by atoms with Crippen LogP contribution in [0, 0.1) is 0 Å². The highest BCUT2D eigenvalue weighted by Gasteiger charge is 2.43. The second kappa shape index (κ2) is 7.17. The molecule has 148 valence electrons. The lowest BCUT2D eigenvalue weighted by Crippen LogP contribution is -2.36. The van der Waals surface area contributed by atoms with E-state index < -0.39 is 6.04 Å². The van der Waals surface area contributed by atoms with E-state index in [1.165, 1.54) is 0 Å². The molecule has 3 aromatic rings. The fourth-order valence-electron chi connectivity index (χ4n) is 4.18. The largest absolute Gasteiger partial charge is 0.450 e. The van der Waals surface area contributed by atoms with Crippen molar-refractivity contribution in [1.29, 1.82) is 0 Å².